The van der Waals surface area contributed by atoms with E-state index in [0.717, 1.165) is 0 Å². The summed E-state index contributed by atoms with van der Waals surface area (Å²) >= 11 is 0. The van der Waals surface area contributed by atoms with Crippen LogP contribution >= 0.6 is 0 Å². The molecule has 12 heavy (non-hydrogen) atoms. The number of carbonyl (C=O) groups is 1. The fraction of sp³-hybridized carbons (Fsp3) is 0.250. The van der Waals surface area contributed by atoms with Crippen molar-refractivity contribution in [2.45, 2.75) is 6.92 Å². The quantitative estimate of drug-likeness (QED) is 0.583. The number of ether oxygens (including phenoxy) is 2. The monoisotopic (exact) mass is 165 g/mol. The standard InChI is InChI=1S/C8H7NO3/c1-5(10)6-2-3-7-8(9-6)12-4-11-7/h2-3H,4H2,1H3. The van der Waals surface area contributed by atoms with Crippen molar-refractivity contribution >= 4 is 5.78 Å². The second kappa shape index (κ2) is 2.48. The van der Waals surface area contributed by atoms with Crippen LogP contribution < -0.4 is 9.47 Å². The molecule has 0 unspecified atom stereocenters. The third-order valence-electron chi connectivity index (χ3n) is 1.60. The molecule has 62 valence electrons. The summed E-state index contributed by atoms with van der Waals surface area (Å²) in [4.78, 5) is 14.8. The van der Waals surface area contributed by atoms with Crippen LogP contribution in [0.5, 0.6) is 11.6 Å². The lowest BCUT2D eigenvalue weighted by molar-refractivity contribution is 0.101. The van der Waals surface area contributed by atoms with E-state index in [1.165, 1.54) is 6.92 Å². The number of carbonyl (C=O) groups excluding carboxylic acids is 1. The average molecular weight is 165 g/mol. The number of ketones is 1. The minimum Gasteiger partial charge on any atom is -0.452 e. The molecule has 4 heteroatoms. The molecule has 0 saturated heterocycles. The highest BCUT2D eigenvalue weighted by Gasteiger charge is 2.15. The van der Waals surface area contributed by atoms with Gasteiger partial charge < -0.3 is 9.47 Å². The van der Waals surface area contributed by atoms with Crippen LogP contribution in [0.25, 0.3) is 0 Å². The summed E-state index contributed by atoms with van der Waals surface area (Å²) in [6.45, 7) is 1.65. The third kappa shape index (κ3) is 1.01. The summed E-state index contributed by atoms with van der Waals surface area (Å²) in [6, 6.07) is 3.31. The minimum absolute atomic E-state index is 0.0756. The lowest BCUT2D eigenvalue weighted by atomic mass is 10.3. The molecule has 1 aromatic rings. The van der Waals surface area contributed by atoms with Gasteiger partial charge >= 0.3 is 0 Å². The molecule has 2 rings (SSSR count). The first kappa shape index (κ1) is 7.09. The van der Waals surface area contributed by atoms with E-state index in [1.54, 1.807) is 12.1 Å². The summed E-state index contributed by atoms with van der Waals surface area (Å²) in [5.41, 5.74) is 0.402. The third-order valence-corrected chi connectivity index (χ3v) is 1.60. The molecule has 0 saturated carbocycles. The number of aromatic nitrogens is 1. The van der Waals surface area contributed by atoms with Crippen LogP contribution in [-0.4, -0.2) is 17.6 Å². The minimum atomic E-state index is -0.0756. The molecule has 1 aromatic heterocycles. The van der Waals surface area contributed by atoms with Crippen molar-refractivity contribution in [2.75, 3.05) is 6.79 Å². The average Bonchev–Trinajstić information content (AvgIpc) is 2.49. The first-order chi connectivity index (χ1) is 5.77. The van der Waals surface area contributed by atoms with E-state index in [2.05, 4.69) is 4.98 Å². The largest absolute Gasteiger partial charge is 0.452 e. The van der Waals surface area contributed by atoms with Gasteiger partial charge in [-0.3, -0.25) is 4.79 Å². The van der Waals surface area contributed by atoms with Gasteiger partial charge in [0.2, 0.25) is 6.79 Å². The zero-order chi connectivity index (χ0) is 8.55. The van der Waals surface area contributed by atoms with E-state index >= 15 is 0 Å². The van der Waals surface area contributed by atoms with Gasteiger partial charge in [-0.05, 0) is 12.1 Å². The summed E-state index contributed by atoms with van der Waals surface area (Å²) in [6.07, 6.45) is 0. The molecule has 0 radical (unpaired) electrons. The zero-order valence-corrected chi connectivity index (χ0v) is 6.53. The van der Waals surface area contributed by atoms with E-state index in [-0.39, 0.29) is 12.6 Å². The van der Waals surface area contributed by atoms with Crippen molar-refractivity contribution in [1.82, 2.24) is 4.98 Å². The fourth-order valence-electron chi connectivity index (χ4n) is 0.986. The zero-order valence-electron chi connectivity index (χ0n) is 6.53. The van der Waals surface area contributed by atoms with E-state index in [1.807, 2.05) is 0 Å². The van der Waals surface area contributed by atoms with Gasteiger partial charge in [0.1, 0.15) is 5.69 Å². The van der Waals surface area contributed by atoms with Crippen molar-refractivity contribution in [3.05, 3.63) is 17.8 Å². The van der Waals surface area contributed by atoms with Gasteiger partial charge in [0, 0.05) is 6.92 Å². The molecule has 0 atom stereocenters. The first-order valence-electron chi connectivity index (χ1n) is 3.55. The Morgan fingerprint density at radius 3 is 3.08 bits per heavy atom. The topological polar surface area (TPSA) is 48.4 Å². The normalized spacial score (nSPS) is 13.1. The van der Waals surface area contributed by atoms with Gasteiger partial charge in [0.25, 0.3) is 5.88 Å². The number of hydrogen-bond donors (Lipinski definition) is 0. The maximum absolute atomic E-state index is 10.9. The Bertz CT molecular complexity index is 335. The molecular weight excluding hydrogens is 158 g/mol. The van der Waals surface area contributed by atoms with Crippen molar-refractivity contribution in [3.63, 3.8) is 0 Å². The molecule has 0 aliphatic carbocycles. The van der Waals surface area contributed by atoms with Crippen LogP contribution in [-0.2, 0) is 0 Å². The van der Waals surface area contributed by atoms with E-state index < -0.39 is 0 Å². The van der Waals surface area contributed by atoms with E-state index in [4.69, 9.17) is 9.47 Å². The maximum atomic E-state index is 10.9. The van der Waals surface area contributed by atoms with Crippen LogP contribution in [0.2, 0.25) is 0 Å². The Kier molecular flexibility index (Phi) is 1.46. The van der Waals surface area contributed by atoms with E-state index in [9.17, 15) is 4.79 Å². The predicted molar refractivity (Wildman–Crippen MR) is 40.4 cm³/mol. The summed E-state index contributed by atoms with van der Waals surface area (Å²) in [5, 5.41) is 0. The molecule has 2 heterocycles. The number of fused-ring (bicyclic) bond motifs is 1. The Hall–Kier alpha value is -1.58. The number of rotatable bonds is 1. The highest BCUT2D eigenvalue weighted by molar-refractivity contribution is 5.92. The van der Waals surface area contributed by atoms with Crippen LogP contribution in [0.15, 0.2) is 12.1 Å². The van der Waals surface area contributed by atoms with E-state index in [0.29, 0.717) is 17.3 Å². The number of pyridine rings is 1. The Labute approximate surface area is 69.1 Å². The molecule has 0 bridgehead atoms. The van der Waals surface area contributed by atoms with Crippen molar-refractivity contribution in [2.24, 2.45) is 0 Å². The smallest absolute Gasteiger partial charge is 0.260 e. The molecule has 0 N–H and O–H groups in total. The SMILES string of the molecule is CC(=O)c1ccc2c(n1)OCO2. The van der Waals surface area contributed by atoms with Gasteiger partial charge in [-0.1, -0.05) is 0 Å². The van der Waals surface area contributed by atoms with Crippen LogP contribution in [0.1, 0.15) is 17.4 Å². The van der Waals surface area contributed by atoms with Crippen LogP contribution in [0.3, 0.4) is 0 Å². The van der Waals surface area contributed by atoms with Gasteiger partial charge in [0.15, 0.2) is 11.5 Å². The van der Waals surface area contributed by atoms with Crippen molar-refractivity contribution in [1.29, 1.82) is 0 Å². The Morgan fingerprint density at radius 1 is 1.50 bits per heavy atom. The molecule has 0 fully saturated rings. The highest BCUT2D eigenvalue weighted by Crippen LogP contribution is 2.29. The van der Waals surface area contributed by atoms with Gasteiger partial charge in [-0.15, -0.1) is 0 Å². The van der Waals surface area contributed by atoms with Crippen molar-refractivity contribution < 1.29 is 14.3 Å². The summed E-state index contributed by atoms with van der Waals surface area (Å²) in [5.74, 6) is 0.927. The van der Waals surface area contributed by atoms with Crippen molar-refractivity contribution in [3.8, 4) is 11.6 Å². The molecule has 4 nitrogen and oxygen atoms in total. The molecule has 0 aromatic carbocycles. The molecule has 1 aliphatic heterocycles. The predicted octanol–water partition coefficient (Wildman–Crippen LogP) is 1.01. The maximum Gasteiger partial charge on any atom is 0.260 e. The molecular formula is C8H7NO3. The molecule has 0 amide bonds. The Morgan fingerprint density at radius 2 is 2.33 bits per heavy atom. The van der Waals surface area contributed by atoms with Crippen LogP contribution in [0, 0.1) is 0 Å². The number of Topliss-reactive ketones (excluding diaryl/α,β-unsaturated/α-hetero) is 1. The highest BCUT2D eigenvalue weighted by atomic mass is 16.7. The fourth-order valence-corrected chi connectivity index (χ4v) is 0.986. The Balaban J connectivity index is 2.45. The number of hydrogen-bond acceptors (Lipinski definition) is 4. The summed E-state index contributed by atoms with van der Waals surface area (Å²) in [7, 11) is 0. The number of nitrogens with zero attached hydrogens (tertiary/aromatic N) is 1. The lowest BCUT2D eigenvalue weighted by Gasteiger charge is -1.96. The van der Waals surface area contributed by atoms with Gasteiger partial charge in [-0.25, -0.2) is 4.98 Å². The lowest BCUT2D eigenvalue weighted by Crippen LogP contribution is -1.97. The molecule has 0 spiro atoms. The first-order valence-corrected chi connectivity index (χ1v) is 3.55. The van der Waals surface area contributed by atoms with Gasteiger partial charge in [0.05, 0.1) is 0 Å². The second-order valence-electron chi connectivity index (χ2n) is 2.46. The molecule has 1 aliphatic rings. The summed E-state index contributed by atoms with van der Waals surface area (Å²) < 4.78 is 10.0. The van der Waals surface area contributed by atoms with Crippen LogP contribution in [0.4, 0.5) is 0 Å². The van der Waals surface area contributed by atoms with Gasteiger partial charge in [-0.2, -0.15) is 0 Å². The second-order valence-corrected chi connectivity index (χ2v) is 2.46.